The van der Waals surface area contributed by atoms with E-state index in [1.807, 2.05) is 0 Å². The smallest absolute Gasteiger partial charge is 0.257 e. The zero-order chi connectivity index (χ0) is 19.7. The number of phenolic OH excluding ortho intramolecular Hbond substituents is 1. The van der Waals surface area contributed by atoms with Gasteiger partial charge in [-0.3, -0.25) is 4.79 Å². The number of nitrogens with zero attached hydrogens (tertiary/aromatic N) is 3. The van der Waals surface area contributed by atoms with Crippen LogP contribution >= 0.6 is 15.9 Å². The number of amides is 1. The highest BCUT2D eigenvalue weighted by molar-refractivity contribution is 9.10. The molecule has 1 aliphatic rings. The van der Waals surface area contributed by atoms with Gasteiger partial charge in [-0.05, 0) is 43.2 Å². The Balaban J connectivity index is 1.53. The van der Waals surface area contributed by atoms with Crippen molar-refractivity contribution in [2.45, 2.75) is 18.8 Å². The molecule has 1 fully saturated rings. The second kappa shape index (κ2) is 7.71. The molecule has 1 aliphatic heterocycles. The third-order valence-electron chi connectivity index (χ3n) is 4.77. The van der Waals surface area contributed by atoms with Crippen molar-refractivity contribution in [3.63, 3.8) is 0 Å². The first-order chi connectivity index (χ1) is 13.5. The predicted octanol–water partition coefficient (Wildman–Crippen LogP) is 4.36. The third kappa shape index (κ3) is 3.77. The molecular weight excluding hydrogens is 429 g/mol. The largest absolute Gasteiger partial charge is 0.507 e. The molecule has 0 saturated carbocycles. The lowest BCUT2D eigenvalue weighted by atomic mass is 9.97. The number of benzene rings is 2. The van der Waals surface area contributed by atoms with E-state index in [-0.39, 0.29) is 29.0 Å². The van der Waals surface area contributed by atoms with Crippen LogP contribution in [0, 0.1) is 5.82 Å². The lowest BCUT2D eigenvalue weighted by Crippen LogP contribution is -2.39. The van der Waals surface area contributed by atoms with Crippen LogP contribution < -0.4 is 0 Å². The summed E-state index contributed by atoms with van der Waals surface area (Å²) in [5, 5.41) is 14.0. The van der Waals surface area contributed by atoms with Crippen molar-refractivity contribution in [2.24, 2.45) is 0 Å². The Bertz CT molecular complexity index is 1020. The van der Waals surface area contributed by atoms with Crippen LogP contribution in [0.5, 0.6) is 5.75 Å². The van der Waals surface area contributed by atoms with E-state index >= 15 is 0 Å². The van der Waals surface area contributed by atoms with E-state index in [1.165, 1.54) is 18.2 Å². The highest BCUT2D eigenvalue weighted by atomic mass is 79.9. The molecule has 0 spiro atoms. The number of aromatic nitrogens is 2. The average molecular weight is 446 g/mol. The van der Waals surface area contributed by atoms with Crippen molar-refractivity contribution in [3.05, 3.63) is 64.2 Å². The summed E-state index contributed by atoms with van der Waals surface area (Å²) in [6, 6.07) is 10.8. The Morgan fingerprint density at radius 1 is 1.29 bits per heavy atom. The van der Waals surface area contributed by atoms with Crippen molar-refractivity contribution >= 4 is 21.8 Å². The third-order valence-corrected chi connectivity index (χ3v) is 5.26. The molecule has 4 rings (SSSR count). The SMILES string of the molecule is O=C(c1cc(Br)ccc1O)N1CCCC(c2nc(-c3cccc(F)c3)no2)C1. The fourth-order valence-electron chi connectivity index (χ4n) is 3.36. The minimum atomic E-state index is -0.368. The Kier molecular flexibility index (Phi) is 5.13. The lowest BCUT2D eigenvalue weighted by molar-refractivity contribution is 0.0692. The fourth-order valence-corrected chi connectivity index (χ4v) is 3.72. The van der Waals surface area contributed by atoms with Gasteiger partial charge in [-0.2, -0.15) is 4.98 Å². The molecule has 1 amide bonds. The molecule has 28 heavy (non-hydrogen) atoms. The number of likely N-dealkylation sites (tertiary alicyclic amines) is 1. The molecule has 3 aromatic rings. The summed E-state index contributed by atoms with van der Waals surface area (Å²) < 4.78 is 19.5. The van der Waals surface area contributed by atoms with Gasteiger partial charge in [0.25, 0.3) is 5.91 Å². The first-order valence-electron chi connectivity index (χ1n) is 8.88. The van der Waals surface area contributed by atoms with Gasteiger partial charge >= 0.3 is 0 Å². The number of hydrogen-bond acceptors (Lipinski definition) is 5. The highest BCUT2D eigenvalue weighted by Crippen LogP contribution is 2.30. The van der Waals surface area contributed by atoms with Crippen LogP contribution in [-0.2, 0) is 0 Å². The van der Waals surface area contributed by atoms with Gasteiger partial charge in [0.2, 0.25) is 11.7 Å². The minimum Gasteiger partial charge on any atom is -0.507 e. The number of halogens is 2. The van der Waals surface area contributed by atoms with E-state index in [0.29, 0.717) is 30.4 Å². The average Bonchev–Trinajstić information content (AvgIpc) is 3.20. The van der Waals surface area contributed by atoms with Crippen molar-refractivity contribution < 1.29 is 18.8 Å². The van der Waals surface area contributed by atoms with Gasteiger partial charge in [-0.15, -0.1) is 0 Å². The molecule has 1 unspecified atom stereocenters. The van der Waals surface area contributed by atoms with Gasteiger partial charge < -0.3 is 14.5 Å². The zero-order valence-corrected chi connectivity index (χ0v) is 16.4. The Morgan fingerprint density at radius 2 is 2.14 bits per heavy atom. The predicted molar refractivity (Wildman–Crippen MR) is 103 cm³/mol. The molecule has 2 aromatic carbocycles. The van der Waals surface area contributed by atoms with Crippen LogP contribution in [0.1, 0.15) is 35.0 Å². The molecule has 1 saturated heterocycles. The molecular formula is C20H17BrFN3O3. The van der Waals surface area contributed by atoms with Crippen LogP contribution in [0.4, 0.5) is 4.39 Å². The van der Waals surface area contributed by atoms with Gasteiger partial charge in [-0.1, -0.05) is 33.2 Å². The van der Waals surface area contributed by atoms with E-state index in [9.17, 15) is 14.3 Å². The van der Waals surface area contributed by atoms with E-state index in [0.717, 1.165) is 17.3 Å². The molecule has 8 heteroatoms. The first kappa shape index (κ1) is 18.6. The van der Waals surface area contributed by atoms with Crippen molar-refractivity contribution in [2.75, 3.05) is 13.1 Å². The molecule has 0 radical (unpaired) electrons. The summed E-state index contributed by atoms with van der Waals surface area (Å²) in [5.74, 6) is -0.0263. The molecule has 2 heterocycles. The Hall–Kier alpha value is -2.74. The fraction of sp³-hybridized carbons (Fsp3) is 0.250. The zero-order valence-electron chi connectivity index (χ0n) is 14.8. The number of carbonyl (C=O) groups is 1. The van der Waals surface area contributed by atoms with E-state index in [4.69, 9.17) is 4.52 Å². The van der Waals surface area contributed by atoms with Crippen LogP contribution in [-0.4, -0.2) is 39.1 Å². The summed E-state index contributed by atoms with van der Waals surface area (Å²) in [5.41, 5.74) is 0.791. The summed E-state index contributed by atoms with van der Waals surface area (Å²) in [4.78, 5) is 18.9. The molecule has 1 N–H and O–H groups in total. The number of carbonyl (C=O) groups excluding carboxylic acids is 1. The van der Waals surface area contributed by atoms with Crippen LogP contribution in [0.3, 0.4) is 0 Å². The van der Waals surface area contributed by atoms with Gasteiger partial charge in [0.15, 0.2) is 0 Å². The summed E-state index contributed by atoms with van der Waals surface area (Å²) in [6.07, 6.45) is 1.59. The van der Waals surface area contributed by atoms with Crippen molar-refractivity contribution in [3.8, 4) is 17.1 Å². The normalized spacial score (nSPS) is 16.9. The van der Waals surface area contributed by atoms with Crippen molar-refractivity contribution in [1.82, 2.24) is 15.0 Å². The summed E-state index contributed by atoms with van der Waals surface area (Å²) in [6.45, 7) is 1.00. The number of rotatable bonds is 3. The van der Waals surface area contributed by atoms with E-state index in [1.54, 1.807) is 29.2 Å². The van der Waals surface area contributed by atoms with Crippen LogP contribution in [0.15, 0.2) is 51.5 Å². The van der Waals surface area contributed by atoms with E-state index < -0.39 is 0 Å². The molecule has 1 atom stereocenters. The topological polar surface area (TPSA) is 79.5 Å². The van der Waals surface area contributed by atoms with Gasteiger partial charge in [0.1, 0.15) is 11.6 Å². The Morgan fingerprint density at radius 3 is 2.96 bits per heavy atom. The molecule has 6 nitrogen and oxygen atoms in total. The molecule has 0 aliphatic carbocycles. The van der Waals surface area contributed by atoms with Crippen molar-refractivity contribution in [1.29, 1.82) is 0 Å². The summed E-state index contributed by atoms with van der Waals surface area (Å²) >= 11 is 3.33. The highest BCUT2D eigenvalue weighted by Gasteiger charge is 2.30. The number of aromatic hydroxyl groups is 1. The standard InChI is InChI=1S/C20H17BrFN3O3/c21-14-6-7-17(26)16(10-14)20(27)25-8-2-4-13(11-25)19-23-18(24-28-19)12-3-1-5-15(22)9-12/h1,3,5-7,9-10,13,26H,2,4,8,11H2. The summed E-state index contributed by atoms with van der Waals surface area (Å²) in [7, 11) is 0. The molecule has 1 aromatic heterocycles. The second-order valence-corrected chi connectivity index (χ2v) is 7.63. The molecule has 144 valence electrons. The monoisotopic (exact) mass is 445 g/mol. The van der Waals surface area contributed by atoms with Gasteiger partial charge in [0, 0.05) is 23.1 Å². The van der Waals surface area contributed by atoms with Crippen LogP contribution in [0.25, 0.3) is 11.4 Å². The number of hydrogen-bond donors (Lipinski definition) is 1. The maximum atomic E-state index is 13.4. The quantitative estimate of drug-likeness (QED) is 0.647. The van der Waals surface area contributed by atoms with Gasteiger partial charge in [0.05, 0.1) is 11.5 Å². The first-order valence-corrected chi connectivity index (χ1v) is 9.68. The number of phenols is 1. The molecule has 0 bridgehead atoms. The lowest BCUT2D eigenvalue weighted by Gasteiger charge is -2.31. The Labute approximate surface area is 169 Å². The van der Waals surface area contributed by atoms with Crippen LogP contribution in [0.2, 0.25) is 0 Å². The maximum absolute atomic E-state index is 13.4. The maximum Gasteiger partial charge on any atom is 0.257 e. The minimum absolute atomic E-state index is 0.0542. The van der Waals surface area contributed by atoms with Gasteiger partial charge in [-0.25, -0.2) is 4.39 Å². The second-order valence-electron chi connectivity index (χ2n) is 6.72. The van der Waals surface area contributed by atoms with E-state index in [2.05, 4.69) is 26.1 Å². The number of piperidine rings is 1.